The third-order valence-corrected chi connectivity index (χ3v) is 2.99. The van der Waals surface area contributed by atoms with Crippen LogP contribution in [0.3, 0.4) is 0 Å². The van der Waals surface area contributed by atoms with Crippen molar-refractivity contribution < 1.29 is 0 Å². The minimum absolute atomic E-state index is 0.120. The molecule has 0 saturated heterocycles. The summed E-state index contributed by atoms with van der Waals surface area (Å²) in [7, 11) is 0. The number of nitrogens with zero attached hydrogens (tertiary/aromatic N) is 4. The summed E-state index contributed by atoms with van der Waals surface area (Å²) < 4.78 is 0.765. The Morgan fingerprint density at radius 2 is 2.12 bits per heavy atom. The van der Waals surface area contributed by atoms with E-state index in [4.69, 9.17) is 11.6 Å². The Balaban J connectivity index is 2.49. The van der Waals surface area contributed by atoms with Crippen LogP contribution in [0.4, 0.5) is 0 Å². The van der Waals surface area contributed by atoms with E-state index in [9.17, 15) is 5.26 Å². The maximum absolute atomic E-state index is 9.23. The third-order valence-electron chi connectivity index (χ3n) is 2.13. The van der Waals surface area contributed by atoms with Crippen molar-refractivity contribution in [3.05, 3.63) is 51.7 Å². The van der Waals surface area contributed by atoms with Crippen molar-refractivity contribution in [2.45, 2.75) is 5.92 Å². The number of hydrogen-bond donors (Lipinski definition) is 0. The molecule has 84 valence electrons. The van der Waals surface area contributed by atoms with E-state index < -0.39 is 5.92 Å². The van der Waals surface area contributed by atoms with Crippen LogP contribution in [-0.4, -0.2) is 15.0 Å². The highest BCUT2D eigenvalue weighted by molar-refractivity contribution is 9.10. The van der Waals surface area contributed by atoms with Crippen molar-refractivity contribution in [1.29, 1.82) is 5.26 Å². The van der Waals surface area contributed by atoms with Gasteiger partial charge in [-0.2, -0.15) is 5.26 Å². The highest BCUT2D eigenvalue weighted by atomic mass is 79.9. The van der Waals surface area contributed by atoms with Gasteiger partial charge in [0.05, 0.1) is 17.5 Å². The van der Waals surface area contributed by atoms with Crippen molar-refractivity contribution in [1.82, 2.24) is 15.0 Å². The van der Waals surface area contributed by atoms with Crippen molar-refractivity contribution >= 4 is 27.5 Å². The molecule has 0 bridgehead atoms. The average Bonchev–Trinajstić information content (AvgIpc) is 2.33. The predicted molar refractivity (Wildman–Crippen MR) is 66.4 cm³/mol. The first-order chi connectivity index (χ1) is 8.22. The number of nitriles is 1. The first kappa shape index (κ1) is 12.0. The van der Waals surface area contributed by atoms with Crippen LogP contribution in [0.5, 0.6) is 0 Å². The van der Waals surface area contributed by atoms with Crippen molar-refractivity contribution in [2.24, 2.45) is 0 Å². The highest BCUT2D eigenvalue weighted by Gasteiger charge is 2.19. The molecule has 0 aliphatic heterocycles. The first-order valence-corrected chi connectivity index (χ1v) is 5.88. The lowest BCUT2D eigenvalue weighted by Crippen LogP contribution is -2.04. The van der Waals surface area contributed by atoms with Crippen molar-refractivity contribution in [2.75, 3.05) is 0 Å². The molecule has 0 saturated carbocycles. The van der Waals surface area contributed by atoms with Crippen molar-refractivity contribution in [3.63, 3.8) is 0 Å². The zero-order chi connectivity index (χ0) is 12.3. The van der Waals surface area contributed by atoms with Crippen LogP contribution in [0.1, 0.15) is 17.3 Å². The van der Waals surface area contributed by atoms with E-state index >= 15 is 0 Å². The molecule has 0 fully saturated rings. The van der Waals surface area contributed by atoms with Gasteiger partial charge in [0, 0.05) is 16.9 Å². The Labute approximate surface area is 111 Å². The van der Waals surface area contributed by atoms with Crippen LogP contribution in [0.2, 0.25) is 5.28 Å². The molecule has 4 nitrogen and oxygen atoms in total. The Morgan fingerprint density at radius 1 is 1.29 bits per heavy atom. The highest BCUT2D eigenvalue weighted by Crippen LogP contribution is 2.27. The summed E-state index contributed by atoms with van der Waals surface area (Å²) in [6.45, 7) is 0. The monoisotopic (exact) mass is 308 g/mol. The van der Waals surface area contributed by atoms with Gasteiger partial charge in [0.2, 0.25) is 5.28 Å². The maximum atomic E-state index is 9.23. The molecule has 2 rings (SSSR count). The summed E-state index contributed by atoms with van der Waals surface area (Å²) in [5, 5.41) is 9.35. The first-order valence-electron chi connectivity index (χ1n) is 4.71. The quantitative estimate of drug-likeness (QED) is 0.800. The van der Waals surface area contributed by atoms with Crippen LogP contribution in [-0.2, 0) is 0 Å². The zero-order valence-electron chi connectivity index (χ0n) is 8.51. The summed E-state index contributed by atoms with van der Waals surface area (Å²) in [6, 6.07) is 7.43. The summed E-state index contributed by atoms with van der Waals surface area (Å²) in [6.07, 6.45) is 3.15. The van der Waals surface area contributed by atoms with Gasteiger partial charge < -0.3 is 0 Å². The summed E-state index contributed by atoms with van der Waals surface area (Å²) in [5.74, 6) is -0.564. The Hall–Kier alpha value is -1.51. The second-order valence-corrected chi connectivity index (χ2v) is 4.38. The van der Waals surface area contributed by atoms with Crippen LogP contribution < -0.4 is 0 Å². The fraction of sp³-hybridized carbons (Fsp3) is 0.0909. The fourth-order valence-electron chi connectivity index (χ4n) is 1.39. The Kier molecular flexibility index (Phi) is 3.67. The molecular formula is C11H6BrClN4. The maximum Gasteiger partial charge on any atom is 0.222 e. The molecule has 0 radical (unpaired) electrons. The minimum atomic E-state index is -0.564. The molecule has 17 heavy (non-hydrogen) atoms. The molecule has 0 amide bonds. The molecule has 2 aromatic rings. The largest absolute Gasteiger partial charge is 0.258 e. The van der Waals surface area contributed by atoms with Gasteiger partial charge in [-0.1, -0.05) is 0 Å². The molecule has 2 heterocycles. The van der Waals surface area contributed by atoms with Gasteiger partial charge in [-0.3, -0.25) is 4.98 Å². The van der Waals surface area contributed by atoms with Gasteiger partial charge in [-0.15, -0.1) is 0 Å². The standard InChI is InChI=1S/C11H6BrClN4/c12-8-2-1-4-15-10(8)7(6-14)9-3-5-16-11(13)17-9/h1-5,7H. The molecule has 1 unspecified atom stereocenters. The van der Waals surface area contributed by atoms with Crippen LogP contribution in [0, 0.1) is 11.3 Å². The van der Waals surface area contributed by atoms with E-state index in [-0.39, 0.29) is 5.28 Å². The normalized spacial score (nSPS) is 11.8. The van der Waals surface area contributed by atoms with Crippen LogP contribution in [0.15, 0.2) is 35.1 Å². The van der Waals surface area contributed by atoms with Gasteiger partial charge in [0.15, 0.2) is 0 Å². The smallest absolute Gasteiger partial charge is 0.222 e. The van der Waals surface area contributed by atoms with E-state index in [0.29, 0.717) is 11.4 Å². The molecule has 0 N–H and O–H groups in total. The van der Waals surface area contributed by atoms with Gasteiger partial charge in [0.25, 0.3) is 0 Å². The number of hydrogen-bond acceptors (Lipinski definition) is 4. The second kappa shape index (κ2) is 5.21. The minimum Gasteiger partial charge on any atom is -0.258 e. The van der Waals surface area contributed by atoms with E-state index in [2.05, 4.69) is 37.0 Å². The SMILES string of the molecule is N#CC(c1ccnc(Cl)n1)c1ncccc1Br. The predicted octanol–water partition coefficient (Wildman–Crippen LogP) is 2.94. The van der Waals surface area contributed by atoms with E-state index in [1.807, 2.05) is 6.07 Å². The third kappa shape index (κ3) is 2.60. The molecule has 1 atom stereocenters. The lowest BCUT2D eigenvalue weighted by Gasteiger charge is -2.09. The molecule has 0 aliphatic rings. The molecule has 2 aromatic heterocycles. The summed E-state index contributed by atoms with van der Waals surface area (Å²) in [5.41, 5.74) is 1.15. The lowest BCUT2D eigenvalue weighted by molar-refractivity contribution is 0.896. The number of halogens is 2. The number of rotatable bonds is 2. The van der Waals surface area contributed by atoms with E-state index in [1.165, 1.54) is 6.20 Å². The molecule has 0 aromatic carbocycles. The van der Waals surface area contributed by atoms with Gasteiger partial charge in [-0.05, 0) is 45.7 Å². The Morgan fingerprint density at radius 3 is 2.76 bits per heavy atom. The van der Waals surface area contributed by atoms with Gasteiger partial charge >= 0.3 is 0 Å². The lowest BCUT2D eigenvalue weighted by atomic mass is 10.0. The van der Waals surface area contributed by atoms with Gasteiger partial charge in [-0.25, -0.2) is 9.97 Å². The topological polar surface area (TPSA) is 62.5 Å². The zero-order valence-corrected chi connectivity index (χ0v) is 10.9. The van der Waals surface area contributed by atoms with E-state index in [1.54, 1.807) is 18.3 Å². The molecule has 0 spiro atoms. The summed E-state index contributed by atoms with van der Waals surface area (Å²) >= 11 is 9.07. The molecule has 0 aliphatic carbocycles. The second-order valence-electron chi connectivity index (χ2n) is 3.18. The summed E-state index contributed by atoms with van der Waals surface area (Å²) in [4.78, 5) is 12.0. The van der Waals surface area contributed by atoms with E-state index in [0.717, 1.165) is 4.47 Å². The average molecular weight is 310 g/mol. The number of pyridine rings is 1. The van der Waals surface area contributed by atoms with Crippen molar-refractivity contribution in [3.8, 4) is 6.07 Å². The fourth-order valence-corrected chi connectivity index (χ4v) is 2.02. The van der Waals surface area contributed by atoms with Gasteiger partial charge in [0.1, 0.15) is 5.92 Å². The van der Waals surface area contributed by atoms with Crippen LogP contribution in [0.25, 0.3) is 0 Å². The molecule has 6 heteroatoms. The Bertz CT molecular complexity index is 582. The number of aromatic nitrogens is 3. The van der Waals surface area contributed by atoms with Crippen LogP contribution >= 0.6 is 27.5 Å². The molecular weight excluding hydrogens is 304 g/mol.